The van der Waals surface area contributed by atoms with Gasteiger partial charge in [-0.2, -0.15) is 9.40 Å². The average molecular weight is 435 g/mol. The fourth-order valence-electron chi connectivity index (χ4n) is 3.40. The van der Waals surface area contributed by atoms with E-state index < -0.39 is 27.9 Å². The first kappa shape index (κ1) is 21.9. The number of sulfonamides is 1. The molecule has 1 aromatic carbocycles. The lowest BCUT2D eigenvalue weighted by atomic mass is 10.0. The van der Waals surface area contributed by atoms with Gasteiger partial charge in [0, 0.05) is 12.2 Å². The van der Waals surface area contributed by atoms with Gasteiger partial charge in [-0.15, -0.1) is 0 Å². The zero-order valence-electron chi connectivity index (χ0n) is 16.8. The van der Waals surface area contributed by atoms with Crippen LogP contribution in [0.5, 0.6) is 0 Å². The first-order chi connectivity index (χ1) is 14.4. The largest absolute Gasteiger partial charge is 0.346 e. The number of nitrogens with zero attached hydrogens (tertiary/aromatic N) is 4. The van der Waals surface area contributed by atoms with Crippen molar-refractivity contribution in [2.75, 3.05) is 24.2 Å². The molecule has 1 atom stereocenters. The van der Waals surface area contributed by atoms with Crippen molar-refractivity contribution in [1.29, 1.82) is 0 Å². The topological polar surface area (TPSA) is 126 Å². The van der Waals surface area contributed by atoms with Crippen LogP contribution in [0, 0.1) is 0 Å². The smallest absolute Gasteiger partial charge is 0.243 e. The van der Waals surface area contributed by atoms with E-state index in [9.17, 15) is 18.0 Å². The maximum absolute atomic E-state index is 12.6. The Morgan fingerprint density at radius 3 is 2.63 bits per heavy atom. The van der Waals surface area contributed by atoms with Crippen molar-refractivity contribution in [3.05, 3.63) is 36.9 Å². The van der Waals surface area contributed by atoms with Gasteiger partial charge in [0.25, 0.3) is 0 Å². The summed E-state index contributed by atoms with van der Waals surface area (Å²) < 4.78 is 27.8. The highest BCUT2D eigenvalue weighted by atomic mass is 32.2. The van der Waals surface area contributed by atoms with E-state index in [1.54, 1.807) is 42.2 Å². The third kappa shape index (κ3) is 5.42. The van der Waals surface area contributed by atoms with E-state index in [0.717, 1.165) is 18.5 Å². The van der Waals surface area contributed by atoms with Crippen LogP contribution in [-0.2, 0) is 19.6 Å². The number of amides is 2. The summed E-state index contributed by atoms with van der Waals surface area (Å²) in [6.45, 7) is 1.89. The van der Waals surface area contributed by atoms with Gasteiger partial charge in [0.15, 0.2) is 0 Å². The van der Waals surface area contributed by atoms with Gasteiger partial charge in [0.2, 0.25) is 21.8 Å². The van der Waals surface area contributed by atoms with E-state index in [0.29, 0.717) is 25.1 Å². The molecule has 1 unspecified atom stereocenters. The number of anilines is 1. The second-order valence-corrected chi connectivity index (χ2v) is 9.13. The summed E-state index contributed by atoms with van der Waals surface area (Å²) in [6.07, 6.45) is 5.46. The minimum absolute atomic E-state index is 0.0157. The van der Waals surface area contributed by atoms with Crippen molar-refractivity contribution < 1.29 is 18.0 Å². The zero-order valence-corrected chi connectivity index (χ0v) is 17.6. The number of rotatable bonds is 8. The normalized spacial score (nSPS) is 17.4. The third-order valence-electron chi connectivity index (χ3n) is 4.83. The van der Waals surface area contributed by atoms with Crippen LogP contribution in [0.3, 0.4) is 0 Å². The predicted octanol–water partition coefficient (Wildman–Crippen LogP) is 0.916. The molecule has 2 heterocycles. The molecule has 0 radical (unpaired) electrons. The van der Waals surface area contributed by atoms with Gasteiger partial charge in [0.05, 0.1) is 18.0 Å². The summed E-state index contributed by atoms with van der Waals surface area (Å²) >= 11 is 0. The number of hydrogen-bond donors (Lipinski definition) is 2. The average Bonchev–Trinajstić information content (AvgIpc) is 3.27. The number of carbonyl (C=O) groups excluding carboxylic acids is 2. The van der Waals surface area contributed by atoms with Crippen LogP contribution in [0.1, 0.15) is 32.6 Å². The Balaban J connectivity index is 1.54. The van der Waals surface area contributed by atoms with Crippen LogP contribution >= 0.6 is 0 Å². The predicted molar refractivity (Wildman–Crippen MR) is 111 cm³/mol. The molecule has 30 heavy (non-hydrogen) atoms. The van der Waals surface area contributed by atoms with Crippen molar-refractivity contribution in [2.24, 2.45) is 0 Å². The summed E-state index contributed by atoms with van der Waals surface area (Å²) in [6, 6.07) is 6.24. The fraction of sp³-hybridized carbons (Fsp3) is 0.474. The Kier molecular flexibility index (Phi) is 7.16. The number of carbonyl (C=O) groups is 2. The van der Waals surface area contributed by atoms with Gasteiger partial charge in [-0.3, -0.25) is 9.59 Å². The second kappa shape index (κ2) is 9.81. The molecule has 1 aliphatic heterocycles. The Morgan fingerprint density at radius 1 is 1.20 bits per heavy atom. The van der Waals surface area contributed by atoms with Crippen LogP contribution in [0.4, 0.5) is 5.69 Å². The van der Waals surface area contributed by atoms with Gasteiger partial charge >= 0.3 is 0 Å². The molecule has 0 saturated carbocycles. The van der Waals surface area contributed by atoms with Crippen molar-refractivity contribution in [3.63, 3.8) is 0 Å². The Morgan fingerprint density at radius 2 is 1.97 bits per heavy atom. The molecular formula is C19H26N6O4S. The van der Waals surface area contributed by atoms with E-state index >= 15 is 0 Å². The zero-order chi connectivity index (χ0) is 21.6. The molecule has 0 bridgehead atoms. The molecule has 0 aliphatic carbocycles. The molecule has 1 fully saturated rings. The molecule has 11 heteroatoms. The number of nitrogens with one attached hydrogen (secondary N) is 2. The first-order valence-electron chi connectivity index (χ1n) is 9.93. The SMILES string of the molecule is CCCS(=O)(=O)N1CCCCC1C(=O)NCC(=O)Nc1ccc(-n2cncn2)cc1. The second-order valence-electron chi connectivity index (χ2n) is 7.09. The quantitative estimate of drug-likeness (QED) is 0.636. The van der Waals surface area contributed by atoms with Crippen LogP contribution in [-0.4, -0.2) is 64.2 Å². The molecule has 1 aliphatic rings. The highest BCUT2D eigenvalue weighted by Gasteiger charge is 2.36. The molecule has 3 rings (SSSR count). The summed E-state index contributed by atoms with van der Waals surface area (Å²) in [5, 5.41) is 9.30. The number of benzene rings is 1. The fourth-order valence-corrected chi connectivity index (χ4v) is 5.15. The first-order valence-corrected chi connectivity index (χ1v) is 11.5. The van der Waals surface area contributed by atoms with Gasteiger partial charge in [-0.05, 0) is 43.5 Å². The Bertz CT molecular complexity index is 959. The molecule has 1 aromatic heterocycles. The Hall–Kier alpha value is -2.79. The summed E-state index contributed by atoms with van der Waals surface area (Å²) in [4.78, 5) is 28.7. The van der Waals surface area contributed by atoms with Gasteiger partial charge in [-0.1, -0.05) is 13.3 Å². The molecule has 2 amide bonds. The molecule has 1 saturated heterocycles. The van der Waals surface area contributed by atoms with Crippen LogP contribution in [0.2, 0.25) is 0 Å². The lowest BCUT2D eigenvalue weighted by molar-refractivity contribution is -0.127. The van der Waals surface area contributed by atoms with E-state index in [2.05, 4.69) is 20.7 Å². The van der Waals surface area contributed by atoms with Gasteiger partial charge in [0.1, 0.15) is 18.7 Å². The monoisotopic (exact) mass is 434 g/mol. The lowest BCUT2D eigenvalue weighted by Gasteiger charge is -2.33. The van der Waals surface area contributed by atoms with Crippen molar-refractivity contribution in [2.45, 2.75) is 38.6 Å². The van der Waals surface area contributed by atoms with E-state index in [1.165, 1.54) is 10.6 Å². The summed E-state index contributed by atoms with van der Waals surface area (Å²) in [5.74, 6) is -0.816. The van der Waals surface area contributed by atoms with Crippen molar-refractivity contribution in [3.8, 4) is 5.69 Å². The number of piperidine rings is 1. The highest BCUT2D eigenvalue weighted by Crippen LogP contribution is 2.21. The minimum Gasteiger partial charge on any atom is -0.346 e. The molecule has 162 valence electrons. The molecule has 2 aromatic rings. The molecule has 2 N–H and O–H groups in total. The van der Waals surface area contributed by atoms with Crippen molar-refractivity contribution in [1.82, 2.24) is 24.4 Å². The maximum atomic E-state index is 12.6. The van der Waals surface area contributed by atoms with E-state index in [-0.39, 0.29) is 12.3 Å². The molecule has 10 nitrogen and oxygen atoms in total. The Labute approximate surface area is 175 Å². The third-order valence-corrected chi connectivity index (χ3v) is 6.91. The van der Waals surface area contributed by atoms with E-state index in [1.807, 2.05) is 0 Å². The molecular weight excluding hydrogens is 408 g/mol. The number of hydrogen-bond acceptors (Lipinski definition) is 6. The van der Waals surface area contributed by atoms with Gasteiger partial charge < -0.3 is 10.6 Å². The standard InChI is InChI=1S/C19H26N6O4S/c1-2-11-30(28,29)25-10-4-3-5-17(25)19(27)21-12-18(26)23-15-6-8-16(9-7-15)24-14-20-13-22-24/h6-9,13-14,17H,2-5,10-12H2,1H3,(H,21,27)(H,23,26). The summed E-state index contributed by atoms with van der Waals surface area (Å²) in [5.41, 5.74) is 1.37. The van der Waals surface area contributed by atoms with Crippen LogP contribution < -0.4 is 10.6 Å². The lowest BCUT2D eigenvalue weighted by Crippen LogP contribution is -2.53. The minimum atomic E-state index is -3.48. The summed E-state index contributed by atoms with van der Waals surface area (Å²) in [7, 11) is -3.48. The van der Waals surface area contributed by atoms with E-state index in [4.69, 9.17) is 0 Å². The molecule has 0 spiro atoms. The van der Waals surface area contributed by atoms with Crippen molar-refractivity contribution >= 4 is 27.5 Å². The van der Waals surface area contributed by atoms with Crippen LogP contribution in [0.25, 0.3) is 5.69 Å². The van der Waals surface area contributed by atoms with Crippen LogP contribution in [0.15, 0.2) is 36.9 Å². The van der Waals surface area contributed by atoms with Gasteiger partial charge in [-0.25, -0.2) is 18.1 Å². The number of aromatic nitrogens is 3. The maximum Gasteiger partial charge on any atom is 0.243 e. The highest BCUT2D eigenvalue weighted by molar-refractivity contribution is 7.89.